The smallest absolute Gasteiger partial charge is 0.412 e. The summed E-state index contributed by atoms with van der Waals surface area (Å²) in [5, 5.41) is 4.52. The molecule has 0 aromatic heterocycles. The Balaban J connectivity index is 0.000000810. The molecule has 0 amide bonds. The normalized spacial score (nSPS) is 20.7. The van der Waals surface area contributed by atoms with Crippen LogP contribution in [0.25, 0.3) is 0 Å². The Labute approximate surface area is 55.9 Å². The summed E-state index contributed by atoms with van der Waals surface area (Å²) < 4.78 is 34.9. The minimum Gasteiger partial charge on any atom is -0.412 e. The summed E-state index contributed by atoms with van der Waals surface area (Å²) in [6, 6.07) is 0. The van der Waals surface area contributed by atoms with Crippen molar-refractivity contribution in [3.8, 4) is 0 Å². The van der Waals surface area contributed by atoms with E-state index >= 15 is 0 Å². The van der Waals surface area contributed by atoms with E-state index in [1.807, 2.05) is 0 Å². The monoisotopic (exact) mass is 158 g/mol. The average Bonchev–Trinajstić information content (AvgIpc) is 2.08. The largest absolute Gasteiger partial charge is 0.417 e. The van der Waals surface area contributed by atoms with Crippen molar-refractivity contribution < 1.29 is 18.6 Å². The minimum absolute atomic E-state index is 0. The molecule has 0 atom stereocenters. The first kappa shape index (κ1) is 9.67. The Morgan fingerprint density at radius 1 is 1.10 bits per heavy atom. The molecule has 1 aliphatic heterocycles. The minimum atomic E-state index is -4.14. The van der Waals surface area contributed by atoms with Crippen molar-refractivity contribution in [2.24, 2.45) is 0 Å². The summed E-state index contributed by atoms with van der Waals surface area (Å²) in [6.07, 6.45) is -5.63. The summed E-state index contributed by atoms with van der Waals surface area (Å²) in [7, 11) is 0. The molecule has 1 rings (SSSR count). The molecule has 1 heterocycles. The summed E-state index contributed by atoms with van der Waals surface area (Å²) in [5.74, 6) is 0. The molecule has 4 N–H and O–H groups in total. The SMILES string of the molecule is FC(F)(F)C1NCCN1.O. The number of hydrogen-bond acceptors (Lipinski definition) is 2. The highest BCUT2D eigenvalue weighted by molar-refractivity contribution is 4.78. The first-order valence-corrected chi connectivity index (χ1v) is 2.64. The molecule has 0 radical (unpaired) electrons. The van der Waals surface area contributed by atoms with Gasteiger partial charge in [-0.15, -0.1) is 0 Å². The van der Waals surface area contributed by atoms with Gasteiger partial charge in [-0.25, -0.2) is 0 Å². The third kappa shape index (κ3) is 2.13. The summed E-state index contributed by atoms with van der Waals surface area (Å²) in [6.45, 7) is 0.786. The number of nitrogens with one attached hydrogen (secondary N) is 2. The number of rotatable bonds is 0. The molecule has 0 spiro atoms. The predicted octanol–water partition coefficient (Wildman–Crippen LogP) is -0.757. The van der Waals surface area contributed by atoms with Crippen molar-refractivity contribution in [2.75, 3.05) is 13.1 Å². The van der Waals surface area contributed by atoms with Gasteiger partial charge in [-0.05, 0) is 0 Å². The van der Waals surface area contributed by atoms with E-state index in [4.69, 9.17) is 0 Å². The van der Waals surface area contributed by atoms with E-state index in [0.29, 0.717) is 13.1 Å². The van der Waals surface area contributed by atoms with E-state index in [2.05, 4.69) is 10.6 Å². The second-order valence-corrected chi connectivity index (χ2v) is 1.88. The maximum Gasteiger partial charge on any atom is 0.417 e. The van der Waals surface area contributed by atoms with Gasteiger partial charge in [0.1, 0.15) is 0 Å². The summed E-state index contributed by atoms with van der Waals surface area (Å²) in [4.78, 5) is 0. The molecule has 3 nitrogen and oxygen atoms in total. The highest BCUT2D eigenvalue weighted by Gasteiger charge is 2.40. The van der Waals surface area contributed by atoms with Gasteiger partial charge in [-0.1, -0.05) is 0 Å². The molecule has 0 bridgehead atoms. The van der Waals surface area contributed by atoms with Crippen LogP contribution in [0.2, 0.25) is 0 Å². The van der Waals surface area contributed by atoms with Gasteiger partial charge in [-0.2, -0.15) is 13.2 Å². The molecule has 10 heavy (non-hydrogen) atoms. The molecule has 0 unspecified atom stereocenters. The topological polar surface area (TPSA) is 55.6 Å². The molecule has 1 fully saturated rings. The van der Waals surface area contributed by atoms with Gasteiger partial charge in [0, 0.05) is 13.1 Å². The van der Waals surface area contributed by atoms with Crippen LogP contribution in [0.4, 0.5) is 13.2 Å². The predicted molar refractivity (Wildman–Crippen MR) is 29.5 cm³/mol. The molecule has 1 saturated heterocycles. The molecule has 0 aliphatic carbocycles. The van der Waals surface area contributed by atoms with Crippen molar-refractivity contribution in [3.63, 3.8) is 0 Å². The maximum absolute atomic E-state index is 11.6. The van der Waals surface area contributed by atoms with E-state index in [0.717, 1.165) is 0 Å². The zero-order valence-corrected chi connectivity index (χ0v) is 5.13. The summed E-state index contributed by atoms with van der Waals surface area (Å²) in [5.41, 5.74) is 0. The molecular weight excluding hydrogens is 149 g/mol. The van der Waals surface area contributed by atoms with E-state index in [1.54, 1.807) is 0 Å². The Bertz CT molecular complexity index is 99.2. The number of alkyl halides is 3. The Morgan fingerprint density at radius 2 is 1.50 bits per heavy atom. The quantitative estimate of drug-likeness (QED) is 0.487. The van der Waals surface area contributed by atoms with Gasteiger partial charge in [0.2, 0.25) is 0 Å². The molecule has 0 aromatic carbocycles. The van der Waals surface area contributed by atoms with Crippen LogP contribution in [-0.4, -0.2) is 30.9 Å². The second kappa shape index (κ2) is 3.18. The van der Waals surface area contributed by atoms with Crippen molar-refractivity contribution >= 4 is 0 Å². The Morgan fingerprint density at radius 3 is 1.70 bits per heavy atom. The molecule has 0 aromatic rings. The molecule has 62 valence electrons. The van der Waals surface area contributed by atoms with Crippen LogP contribution in [0, 0.1) is 0 Å². The van der Waals surface area contributed by atoms with Gasteiger partial charge >= 0.3 is 6.18 Å². The third-order valence-corrected chi connectivity index (χ3v) is 1.15. The van der Waals surface area contributed by atoms with Crippen LogP contribution in [0.5, 0.6) is 0 Å². The van der Waals surface area contributed by atoms with Crippen LogP contribution in [0.3, 0.4) is 0 Å². The van der Waals surface area contributed by atoms with E-state index < -0.39 is 12.3 Å². The first-order chi connectivity index (χ1) is 4.11. The molecule has 1 aliphatic rings. The van der Waals surface area contributed by atoms with Crippen molar-refractivity contribution in [1.82, 2.24) is 10.6 Å². The number of halogens is 3. The highest BCUT2D eigenvalue weighted by atomic mass is 19.4. The van der Waals surface area contributed by atoms with Gasteiger partial charge in [0.15, 0.2) is 6.17 Å². The second-order valence-electron chi connectivity index (χ2n) is 1.88. The van der Waals surface area contributed by atoms with E-state index in [-0.39, 0.29) is 5.48 Å². The third-order valence-electron chi connectivity index (χ3n) is 1.15. The average molecular weight is 158 g/mol. The number of hydrogen-bond donors (Lipinski definition) is 2. The lowest BCUT2D eigenvalue weighted by Crippen LogP contribution is -2.44. The first-order valence-electron chi connectivity index (χ1n) is 2.64. The standard InChI is InChI=1S/C4H7F3N2.H2O/c5-4(6,7)3-8-1-2-9-3;/h3,8-9H,1-2H2;1H2. The van der Waals surface area contributed by atoms with Crippen molar-refractivity contribution in [3.05, 3.63) is 0 Å². The highest BCUT2D eigenvalue weighted by Crippen LogP contribution is 2.19. The fourth-order valence-corrected chi connectivity index (χ4v) is 0.737. The van der Waals surface area contributed by atoms with Crippen LogP contribution in [0.15, 0.2) is 0 Å². The van der Waals surface area contributed by atoms with E-state index in [9.17, 15) is 13.2 Å². The van der Waals surface area contributed by atoms with Gasteiger partial charge < -0.3 is 5.48 Å². The van der Waals surface area contributed by atoms with Crippen LogP contribution < -0.4 is 10.6 Å². The van der Waals surface area contributed by atoms with Gasteiger partial charge in [-0.3, -0.25) is 10.6 Å². The molecule has 0 saturated carbocycles. The van der Waals surface area contributed by atoms with Gasteiger partial charge in [0.25, 0.3) is 0 Å². The lowest BCUT2D eigenvalue weighted by atomic mass is 10.5. The fraction of sp³-hybridized carbons (Fsp3) is 1.00. The Kier molecular flexibility index (Phi) is 3.07. The zero-order valence-electron chi connectivity index (χ0n) is 5.13. The van der Waals surface area contributed by atoms with Crippen LogP contribution in [-0.2, 0) is 0 Å². The van der Waals surface area contributed by atoms with Crippen molar-refractivity contribution in [1.29, 1.82) is 0 Å². The van der Waals surface area contributed by atoms with Crippen LogP contribution in [0.1, 0.15) is 0 Å². The molecular formula is C4H9F3N2O. The van der Waals surface area contributed by atoms with Crippen molar-refractivity contribution in [2.45, 2.75) is 12.3 Å². The van der Waals surface area contributed by atoms with Gasteiger partial charge in [0.05, 0.1) is 0 Å². The van der Waals surface area contributed by atoms with Crippen LogP contribution >= 0.6 is 0 Å². The molecule has 6 heteroatoms. The Hall–Kier alpha value is -0.330. The lowest BCUT2D eigenvalue weighted by molar-refractivity contribution is -0.156. The maximum atomic E-state index is 11.6. The fourth-order valence-electron chi connectivity index (χ4n) is 0.737. The summed E-state index contributed by atoms with van der Waals surface area (Å²) >= 11 is 0. The zero-order chi connectivity index (χ0) is 6.91. The van der Waals surface area contributed by atoms with E-state index in [1.165, 1.54) is 0 Å². The lowest BCUT2D eigenvalue weighted by Gasteiger charge is -2.13.